The minimum absolute atomic E-state index is 0.0166. The van der Waals surface area contributed by atoms with Gasteiger partial charge in [-0.2, -0.15) is 0 Å². The van der Waals surface area contributed by atoms with Crippen LogP contribution in [0.2, 0.25) is 0 Å². The molecule has 0 aliphatic carbocycles. The number of aromatic nitrogens is 2. The highest BCUT2D eigenvalue weighted by molar-refractivity contribution is 7.25. The number of likely N-dealkylation sites (tertiary alicyclic amines) is 1. The highest BCUT2D eigenvalue weighted by Gasteiger charge is 2.31. The predicted molar refractivity (Wildman–Crippen MR) is 129 cm³/mol. The van der Waals surface area contributed by atoms with Crippen LogP contribution in [0.5, 0.6) is 0 Å². The van der Waals surface area contributed by atoms with Gasteiger partial charge in [-0.3, -0.25) is 9.59 Å². The number of piperidine rings is 1. The highest BCUT2D eigenvalue weighted by atomic mass is 32.1. The van der Waals surface area contributed by atoms with Crippen LogP contribution in [0.1, 0.15) is 37.0 Å². The summed E-state index contributed by atoms with van der Waals surface area (Å²) in [5.74, 6) is 0.0292. The second kappa shape index (κ2) is 8.47. The van der Waals surface area contributed by atoms with Crippen molar-refractivity contribution >= 4 is 54.6 Å². The number of carbonyl (C=O) groups excluding carboxylic acids is 2. The van der Waals surface area contributed by atoms with Crippen molar-refractivity contribution in [2.75, 3.05) is 26.2 Å². The topological polar surface area (TPSA) is 66.4 Å². The summed E-state index contributed by atoms with van der Waals surface area (Å²) in [5.41, 5.74) is 3.21. The lowest BCUT2D eigenvalue weighted by Gasteiger charge is -2.34. The number of hydrogen-bond acceptors (Lipinski definition) is 5. The third-order valence-corrected chi connectivity index (χ3v) is 7.41. The quantitative estimate of drug-likeness (QED) is 0.455. The molecule has 1 saturated heterocycles. The molecule has 0 radical (unpaired) electrons. The van der Waals surface area contributed by atoms with E-state index in [4.69, 9.17) is 9.97 Å². The van der Waals surface area contributed by atoms with E-state index >= 15 is 0 Å². The Balaban J connectivity index is 1.46. The summed E-state index contributed by atoms with van der Waals surface area (Å²) in [7, 11) is 0. The van der Waals surface area contributed by atoms with Crippen molar-refractivity contribution in [3.8, 4) is 0 Å². The van der Waals surface area contributed by atoms with Crippen LogP contribution in [0.15, 0.2) is 42.5 Å². The number of carbonyl (C=O) groups is 2. The minimum atomic E-state index is -0.115. The molecule has 0 unspecified atom stereocenters. The Bertz CT molecular complexity index is 1330. The summed E-state index contributed by atoms with van der Waals surface area (Å²) in [6.07, 6.45) is 1.69. The van der Waals surface area contributed by atoms with Crippen molar-refractivity contribution in [2.45, 2.75) is 26.7 Å². The van der Waals surface area contributed by atoms with Gasteiger partial charge in [-0.05, 0) is 57.0 Å². The van der Waals surface area contributed by atoms with E-state index in [1.165, 1.54) is 0 Å². The molecule has 0 N–H and O–H groups in total. The van der Waals surface area contributed by atoms with Gasteiger partial charge in [0.1, 0.15) is 10.3 Å². The number of rotatable bonds is 4. The monoisotopic (exact) mass is 446 g/mol. The molecule has 2 aromatic carbocycles. The molecule has 2 amide bonds. The first-order chi connectivity index (χ1) is 15.6. The summed E-state index contributed by atoms with van der Waals surface area (Å²) in [4.78, 5) is 40.4. The molecule has 6 nitrogen and oxygen atoms in total. The molecule has 5 rings (SSSR count). The first kappa shape index (κ1) is 20.8. The summed E-state index contributed by atoms with van der Waals surface area (Å²) >= 11 is 1.60. The summed E-state index contributed by atoms with van der Waals surface area (Å²) in [5, 5.41) is 0.960. The van der Waals surface area contributed by atoms with E-state index < -0.39 is 0 Å². The van der Waals surface area contributed by atoms with Crippen LogP contribution in [-0.2, 0) is 4.79 Å². The molecule has 2 aromatic heterocycles. The normalized spacial score (nSPS) is 16.7. The van der Waals surface area contributed by atoms with Gasteiger partial charge >= 0.3 is 0 Å². The van der Waals surface area contributed by atoms with Crippen molar-refractivity contribution in [3.63, 3.8) is 0 Å². The van der Waals surface area contributed by atoms with Crippen molar-refractivity contribution in [1.82, 2.24) is 19.8 Å². The molecule has 1 aliphatic heterocycles. The number of benzene rings is 2. The largest absolute Gasteiger partial charge is 0.343 e. The third kappa shape index (κ3) is 3.60. The fourth-order valence-electron chi connectivity index (χ4n) is 4.61. The molecule has 7 heteroatoms. The Labute approximate surface area is 190 Å². The van der Waals surface area contributed by atoms with Crippen molar-refractivity contribution in [1.29, 1.82) is 0 Å². The molecule has 4 aromatic rings. The van der Waals surface area contributed by atoms with Gasteiger partial charge in [-0.25, -0.2) is 9.97 Å². The zero-order chi connectivity index (χ0) is 22.2. The van der Waals surface area contributed by atoms with E-state index in [0.717, 1.165) is 44.3 Å². The van der Waals surface area contributed by atoms with Crippen LogP contribution in [-0.4, -0.2) is 57.8 Å². The molecule has 0 spiro atoms. The minimum Gasteiger partial charge on any atom is -0.343 e. The van der Waals surface area contributed by atoms with E-state index in [2.05, 4.69) is 0 Å². The Morgan fingerprint density at radius 3 is 2.59 bits per heavy atom. The zero-order valence-corrected chi connectivity index (χ0v) is 19.2. The van der Waals surface area contributed by atoms with Crippen LogP contribution < -0.4 is 0 Å². The zero-order valence-electron chi connectivity index (χ0n) is 18.4. The van der Waals surface area contributed by atoms with Gasteiger partial charge in [-0.1, -0.05) is 12.1 Å². The van der Waals surface area contributed by atoms with E-state index in [-0.39, 0.29) is 17.7 Å². The molecule has 0 saturated carbocycles. The Kier molecular flexibility index (Phi) is 5.51. The lowest BCUT2D eigenvalue weighted by molar-refractivity contribution is -0.136. The summed E-state index contributed by atoms with van der Waals surface area (Å²) in [6, 6.07) is 13.7. The lowest BCUT2D eigenvalue weighted by Crippen LogP contribution is -2.46. The molecule has 3 heterocycles. The molecule has 1 aliphatic rings. The first-order valence-electron chi connectivity index (χ1n) is 11.3. The maximum atomic E-state index is 13.4. The first-order valence-corrected chi connectivity index (χ1v) is 12.1. The summed E-state index contributed by atoms with van der Waals surface area (Å²) in [6.45, 7) is 6.59. The van der Waals surface area contributed by atoms with Gasteiger partial charge in [0.25, 0.3) is 5.91 Å². The molecule has 32 heavy (non-hydrogen) atoms. The van der Waals surface area contributed by atoms with E-state index in [9.17, 15) is 9.59 Å². The predicted octanol–water partition coefficient (Wildman–Crippen LogP) is 4.72. The fourth-order valence-corrected chi connectivity index (χ4v) is 5.62. The number of amides is 2. The van der Waals surface area contributed by atoms with E-state index in [0.29, 0.717) is 31.7 Å². The molecule has 0 bridgehead atoms. The van der Waals surface area contributed by atoms with Crippen molar-refractivity contribution in [3.05, 3.63) is 48.0 Å². The maximum Gasteiger partial charge on any atom is 0.253 e. The van der Waals surface area contributed by atoms with Crippen molar-refractivity contribution < 1.29 is 9.59 Å². The molecule has 1 fully saturated rings. The average molecular weight is 447 g/mol. The van der Waals surface area contributed by atoms with Gasteiger partial charge in [0, 0.05) is 41.8 Å². The highest BCUT2D eigenvalue weighted by Crippen LogP contribution is 2.33. The Morgan fingerprint density at radius 2 is 1.84 bits per heavy atom. The van der Waals surface area contributed by atoms with Crippen LogP contribution >= 0.6 is 11.3 Å². The van der Waals surface area contributed by atoms with Crippen molar-refractivity contribution in [2.24, 2.45) is 5.92 Å². The Hall–Kier alpha value is -3.06. The second-order valence-corrected chi connectivity index (χ2v) is 9.31. The number of thiophene rings is 1. The average Bonchev–Trinajstić information content (AvgIpc) is 3.19. The van der Waals surface area contributed by atoms with E-state index in [1.807, 2.05) is 66.1 Å². The van der Waals surface area contributed by atoms with Gasteiger partial charge < -0.3 is 9.80 Å². The number of nitrogens with zero attached hydrogens (tertiary/aromatic N) is 4. The number of fused-ring (bicyclic) bond motifs is 4. The number of hydrogen-bond donors (Lipinski definition) is 0. The third-order valence-electron chi connectivity index (χ3n) is 6.36. The Morgan fingerprint density at radius 1 is 1.09 bits per heavy atom. The van der Waals surface area contributed by atoms with Gasteiger partial charge in [-0.15, -0.1) is 11.3 Å². The molecule has 1 atom stereocenters. The van der Waals surface area contributed by atoms with Crippen LogP contribution in [0.25, 0.3) is 31.5 Å². The lowest BCUT2D eigenvalue weighted by atomic mass is 9.95. The number of para-hydroxylation sites is 2. The molecular formula is C25H26N4O2S. The van der Waals surface area contributed by atoms with E-state index in [1.54, 1.807) is 11.3 Å². The molecule has 164 valence electrons. The van der Waals surface area contributed by atoms with Gasteiger partial charge in [0.15, 0.2) is 0 Å². The summed E-state index contributed by atoms with van der Waals surface area (Å²) < 4.78 is 1.07. The fraction of sp³-hybridized carbons (Fsp3) is 0.360. The van der Waals surface area contributed by atoms with Gasteiger partial charge in [0.05, 0.1) is 17.0 Å². The maximum absolute atomic E-state index is 13.4. The SMILES string of the molecule is CCN(CC)C(=O)[C@@H]1CCCN(C(=O)c2ccc3sc4nc5ccccc5nc4c3c2)C1. The molecular weight excluding hydrogens is 420 g/mol. The van der Waals surface area contributed by atoms with Crippen LogP contribution in [0.4, 0.5) is 0 Å². The smallest absolute Gasteiger partial charge is 0.253 e. The standard InChI is InChI=1S/C25H26N4O2S/c1-3-28(4-2)25(31)17-8-7-13-29(15-17)24(30)16-11-12-21-18(14-16)22-23(32-21)27-20-10-6-5-9-19(20)26-22/h5-6,9-12,14,17H,3-4,7-8,13,15H2,1-2H3/t17-/m1/s1. The van der Waals surface area contributed by atoms with Gasteiger partial charge in [0.2, 0.25) is 5.91 Å². The van der Waals surface area contributed by atoms with Crippen LogP contribution in [0, 0.1) is 5.92 Å². The van der Waals surface area contributed by atoms with Crippen LogP contribution in [0.3, 0.4) is 0 Å². The second-order valence-electron chi connectivity index (χ2n) is 8.28.